The van der Waals surface area contributed by atoms with Crippen LogP contribution in [0.5, 0.6) is 0 Å². The summed E-state index contributed by atoms with van der Waals surface area (Å²) < 4.78 is 6.75. The highest BCUT2D eigenvalue weighted by Gasteiger charge is 2.15. The highest BCUT2D eigenvalue weighted by Crippen LogP contribution is 2.33. The van der Waals surface area contributed by atoms with Crippen molar-refractivity contribution in [3.05, 3.63) is 66.8 Å². The SMILES string of the molecule is C=C/C=C(\C=C/C)c1cc(-c2cnc(NC(C)C)s2)cn2cc(CC(=O)OC)nc12. The Hall–Kier alpha value is -3.19. The van der Waals surface area contributed by atoms with E-state index in [0.717, 1.165) is 32.4 Å². The van der Waals surface area contributed by atoms with Gasteiger partial charge >= 0.3 is 5.97 Å². The van der Waals surface area contributed by atoms with Gasteiger partial charge in [0.05, 0.1) is 24.1 Å². The molecule has 0 aliphatic carbocycles. The molecule has 3 aromatic heterocycles. The molecule has 1 N–H and O–H groups in total. The first-order valence-electron chi connectivity index (χ1n) is 9.72. The zero-order chi connectivity index (χ0) is 21.7. The fourth-order valence-electron chi connectivity index (χ4n) is 3.06. The van der Waals surface area contributed by atoms with E-state index in [2.05, 4.69) is 36.8 Å². The fourth-order valence-corrected chi connectivity index (χ4v) is 4.01. The van der Waals surface area contributed by atoms with Crippen molar-refractivity contribution in [1.82, 2.24) is 14.4 Å². The molecule has 0 spiro atoms. The number of nitrogens with zero attached hydrogens (tertiary/aromatic N) is 3. The summed E-state index contributed by atoms with van der Waals surface area (Å²) in [6.07, 6.45) is 13.6. The van der Waals surface area contributed by atoms with Crippen LogP contribution >= 0.6 is 11.3 Å². The summed E-state index contributed by atoms with van der Waals surface area (Å²) in [6.45, 7) is 9.98. The van der Waals surface area contributed by atoms with Crippen molar-refractivity contribution in [2.75, 3.05) is 12.4 Å². The van der Waals surface area contributed by atoms with Gasteiger partial charge in [-0.15, -0.1) is 0 Å². The Morgan fingerprint density at radius 3 is 2.87 bits per heavy atom. The van der Waals surface area contributed by atoms with E-state index in [1.54, 1.807) is 17.4 Å². The molecule has 0 fully saturated rings. The van der Waals surface area contributed by atoms with Gasteiger partial charge in [-0.1, -0.05) is 42.2 Å². The Labute approximate surface area is 180 Å². The number of thiazole rings is 1. The van der Waals surface area contributed by atoms with Crippen LogP contribution in [0.15, 0.2) is 55.5 Å². The van der Waals surface area contributed by atoms with Gasteiger partial charge in [0.15, 0.2) is 5.13 Å². The van der Waals surface area contributed by atoms with Crippen LogP contribution in [0.4, 0.5) is 5.13 Å². The maximum absolute atomic E-state index is 11.7. The van der Waals surface area contributed by atoms with E-state index in [-0.39, 0.29) is 12.4 Å². The van der Waals surface area contributed by atoms with Crippen molar-refractivity contribution in [3.8, 4) is 10.4 Å². The number of allylic oxidation sites excluding steroid dienone is 5. The number of rotatable bonds is 8. The molecule has 0 radical (unpaired) electrons. The van der Waals surface area contributed by atoms with Gasteiger partial charge in [-0.3, -0.25) is 4.79 Å². The van der Waals surface area contributed by atoms with Gasteiger partial charge in [-0.05, 0) is 32.4 Å². The molecule has 156 valence electrons. The minimum absolute atomic E-state index is 0.125. The lowest BCUT2D eigenvalue weighted by Gasteiger charge is -2.08. The van der Waals surface area contributed by atoms with Crippen molar-refractivity contribution in [2.45, 2.75) is 33.2 Å². The number of esters is 1. The molecule has 0 saturated carbocycles. The van der Waals surface area contributed by atoms with Gasteiger partial charge in [0.2, 0.25) is 0 Å². The number of methoxy groups -OCH3 is 1. The summed E-state index contributed by atoms with van der Waals surface area (Å²) in [7, 11) is 1.38. The lowest BCUT2D eigenvalue weighted by molar-refractivity contribution is -0.139. The Balaban J connectivity index is 2.16. The maximum atomic E-state index is 11.7. The summed E-state index contributed by atoms with van der Waals surface area (Å²) in [5.41, 5.74) is 4.39. The van der Waals surface area contributed by atoms with E-state index >= 15 is 0 Å². The van der Waals surface area contributed by atoms with Gasteiger partial charge < -0.3 is 14.5 Å². The first-order chi connectivity index (χ1) is 14.4. The number of nitrogens with one attached hydrogen (secondary N) is 1. The van der Waals surface area contributed by atoms with Gasteiger partial charge in [-0.2, -0.15) is 0 Å². The molecule has 0 unspecified atom stereocenters. The molecule has 7 heteroatoms. The fraction of sp³-hybridized carbons (Fsp3) is 0.261. The lowest BCUT2D eigenvalue weighted by atomic mass is 10.0. The molecule has 6 nitrogen and oxygen atoms in total. The molecule has 3 aromatic rings. The van der Waals surface area contributed by atoms with Crippen LogP contribution < -0.4 is 5.32 Å². The predicted octanol–water partition coefficient (Wildman–Crippen LogP) is 5.14. The van der Waals surface area contributed by atoms with Crippen LogP contribution in [0.2, 0.25) is 0 Å². The van der Waals surface area contributed by atoms with Crippen LogP contribution in [-0.2, 0) is 16.0 Å². The monoisotopic (exact) mass is 422 g/mol. The predicted molar refractivity (Wildman–Crippen MR) is 124 cm³/mol. The van der Waals surface area contributed by atoms with Gasteiger partial charge in [0.1, 0.15) is 5.65 Å². The zero-order valence-electron chi connectivity index (χ0n) is 17.7. The second-order valence-corrected chi connectivity index (χ2v) is 8.08. The minimum atomic E-state index is -0.317. The third-order valence-corrected chi connectivity index (χ3v) is 5.29. The molecule has 3 rings (SSSR count). The van der Waals surface area contributed by atoms with Gasteiger partial charge in [0.25, 0.3) is 0 Å². The summed E-state index contributed by atoms with van der Waals surface area (Å²) >= 11 is 1.60. The Morgan fingerprint density at radius 2 is 2.20 bits per heavy atom. The van der Waals surface area contributed by atoms with Crippen molar-refractivity contribution < 1.29 is 9.53 Å². The Morgan fingerprint density at radius 1 is 1.40 bits per heavy atom. The third kappa shape index (κ3) is 4.86. The molecule has 0 bridgehead atoms. The topological polar surface area (TPSA) is 68.5 Å². The number of ether oxygens (including phenoxy) is 1. The Kier molecular flexibility index (Phi) is 6.84. The standard InChI is InChI=1S/C23H26N4O2S/c1-6-8-16(9-7-2)19-10-17(20-12-24-23(30-20)25-15(3)4)13-27-14-18(26-22(19)27)11-21(28)29-5/h6-10,12-15H,1,11H2,2-5H3,(H,24,25)/b9-7-,16-8+. The molecule has 0 aromatic carbocycles. The summed E-state index contributed by atoms with van der Waals surface area (Å²) in [4.78, 5) is 22.0. The summed E-state index contributed by atoms with van der Waals surface area (Å²) in [5, 5.41) is 4.23. The molecule has 0 aliphatic heterocycles. The number of anilines is 1. The number of aromatic nitrogens is 3. The first kappa shape index (κ1) is 21.5. The lowest BCUT2D eigenvalue weighted by Crippen LogP contribution is -2.08. The summed E-state index contributed by atoms with van der Waals surface area (Å²) in [6, 6.07) is 2.42. The van der Waals surface area contributed by atoms with Crippen LogP contribution in [0.1, 0.15) is 32.0 Å². The molecule has 0 amide bonds. The number of imidazole rings is 1. The zero-order valence-corrected chi connectivity index (χ0v) is 18.5. The minimum Gasteiger partial charge on any atom is -0.469 e. The highest BCUT2D eigenvalue weighted by atomic mass is 32.1. The van der Waals surface area contributed by atoms with Gasteiger partial charge in [-0.25, -0.2) is 9.97 Å². The van der Waals surface area contributed by atoms with Crippen LogP contribution in [0, 0.1) is 0 Å². The van der Waals surface area contributed by atoms with E-state index in [0.29, 0.717) is 11.7 Å². The number of fused-ring (bicyclic) bond motifs is 1. The molecular formula is C23H26N4O2S. The summed E-state index contributed by atoms with van der Waals surface area (Å²) in [5.74, 6) is -0.317. The van der Waals surface area contributed by atoms with E-state index in [4.69, 9.17) is 9.72 Å². The van der Waals surface area contributed by atoms with Crippen LogP contribution in [0.25, 0.3) is 21.7 Å². The van der Waals surface area contributed by atoms with Crippen molar-refractivity contribution >= 4 is 33.7 Å². The first-order valence-corrected chi connectivity index (χ1v) is 10.5. The number of hydrogen-bond acceptors (Lipinski definition) is 6. The molecule has 30 heavy (non-hydrogen) atoms. The molecular weight excluding hydrogens is 396 g/mol. The largest absolute Gasteiger partial charge is 0.469 e. The number of carbonyl (C=O) groups excluding carboxylic acids is 1. The molecule has 3 heterocycles. The van der Waals surface area contributed by atoms with Crippen LogP contribution in [-0.4, -0.2) is 33.5 Å². The number of carbonyl (C=O) groups is 1. The number of hydrogen-bond donors (Lipinski definition) is 1. The van der Waals surface area contributed by atoms with Crippen molar-refractivity contribution in [3.63, 3.8) is 0 Å². The third-order valence-electron chi connectivity index (χ3n) is 4.31. The second-order valence-electron chi connectivity index (χ2n) is 7.04. The highest BCUT2D eigenvalue weighted by molar-refractivity contribution is 7.18. The molecule has 0 aliphatic rings. The average molecular weight is 423 g/mol. The van der Waals surface area contributed by atoms with E-state index < -0.39 is 0 Å². The van der Waals surface area contributed by atoms with Gasteiger partial charge in [0, 0.05) is 35.8 Å². The quantitative estimate of drug-likeness (QED) is 0.402. The van der Waals surface area contributed by atoms with Crippen LogP contribution in [0.3, 0.4) is 0 Å². The normalized spacial score (nSPS) is 12.1. The molecule has 0 atom stereocenters. The smallest absolute Gasteiger partial charge is 0.311 e. The van der Waals surface area contributed by atoms with E-state index in [1.165, 1.54) is 7.11 Å². The molecule has 0 saturated heterocycles. The van der Waals surface area contributed by atoms with Crippen molar-refractivity contribution in [2.24, 2.45) is 0 Å². The van der Waals surface area contributed by atoms with Crippen molar-refractivity contribution in [1.29, 1.82) is 0 Å². The maximum Gasteiger partial charge on any atom is 0.311 e. The average Bonchev–Trinajstić information content (AvgIpc) is 3.32. The Bertz CT molecular complexity index is 1120. The number of pyridine rings is 1. The van der Waals surface area contributed by atoms with E-state index in [1.807, 2.05) is 48.1 Å². The second kappa shape index (κ2) is 9.54. The van der Waals surface area contributed by atoms with E-state index in [9.17, 15) is 4.79 Å².